The van der Waals surface area contributed by atoms with Gasteiger partial charge in [-0.2, -0.15) is 0 Å². The maximum absolute atomic E-state index is 5.66. The van der Waals surface area contributed by atoms with E-state index in [1.807, 2.05) is 44.2 Å². The molecule has 5 nitrogen and oxygen atoms in total. The van der Waals surface area contributed by atoms with Gasteiger partial charge >= 0.3 is 0 Å². The normalized spacial score (nSPS) is 15.3. The third kappa shape index (κ3) is 4.85. The Morgan fingerprint density at radius 3 is 2.42 bits per heavy atom. The molecule has 0 bridgehead atoms. The zero-order valence-electron chi connectivity index (χ0n) is 14.5. The fourth-order valence-electron chi connectivity index (χ4n) is 3.00. The van der Waals surface area contributed by atoms with E-state index in [1.165, 1.54) is 32.1 Å². The Bertz CT molecular complexity index is 636. The van der Waals surface area contributed by atoms with Crippen LogP contribution in [0.1, 0.15) is 46.0 Å². The second-order valence-electron chi connectivity index (χ2n) is 6.58. The number of benzene rings is 1. The molecule has 2 aromatic rings. The molecule has 2 N–H and O–H groups in total. The van der Waals surface area contributed by atoms with Crippen molar-refractivity contribution in [3.63, 3.8) is 0 Å². The number of rotatable bonds is 6. The quantitative estimate of drug-likeness (QED) is 0.802. The summed E-state index contributed by atoms with van der Waals surface area (Å²) in [5.74, 6) is 2.55. The molecule has 5 heteroatoms. The van der Waals surface area contributed by atoms with Gasteiger partial charge in [0.1, 0.15) is 23.7 Å². The van der Waals surface area contributed by atoms with E-state index in [0.717, 1.165) is 23.1 Å². The molecule has 1 fully saturated rings. The lowest BCUT2D eigenvalue weighted by Gasteiger charge is -2.23. The summed E-state index contributed by atoms with van der Waals surface area (Å²) in [7, 11) is 0. The minimum atomic E-state index is 0.180. The first-order valence-corrected chi connectivity index (χ1v) is 8.81. The Morgan fingerprint density at radius 1 is 1.00 bits per heavy atom. The van der Waals surface area contributed by atoms with Crippen molar-refractivity contribution in [1.29, 1.82) is 0 Å². The molecule has 0 aliphatic heterocycles. The van der Waals surface area contributed by atoms with E-state index < -0.39 is 0 Å². The first-order valence-electron chi connectivity index (χ1n) is 8.81. The standard InChI is InChI=1S/C19H26N4O/c1-14(2)24-17-10-8-16(9-11-17)23-19-12-18(20-13-21-19)22-15-6-4-3-5-7-15/h8-15H,3-7H2,1-2H3,(H2,20,21,22,23). The molecule has 0 spiro atoms. The number of anilines is 3. The van der Waals surface area contributed by atoms with Crippen molar-refractivity contribution >= 4 is 17.3 Å². The van der Waals surface area contributed by atoms with E-state index in [1.54, 1.807) is 6.33 Å². The van der Waals surface area contributed by atoms with E-state index in [9.17, 15) is 0 Å². The molecule has 0 saturated heterocycles. The molecule has 1 aliphatic rings. The highest BCUT2D eigenvalue weighted by Gasteiger charge is 2.13. The summed E-state index contributed by atoms with van der Waals surface area (Å²) < 4.78 is 5.66. The van der Waals surface area contributed by atoms with Gasteiger partial charge in [0.2, 0.25) is 0 Å². The Balaban J connectivity index is 1.61. The number of hydrogen-bond donors (Lipinski definition) is 2. The maximum atomic E-state index is 5.66. The summed E-state index contributed by atoms with van der Waals surface area (Å²) in [5, 5.41) is 6.84. The highest BCUT2D eigenvalue weighted by atomic mass is 16.5. The van der Waals surface area contributed by atoms with Gasteiger partial charge in [-0.3, -0.25) is 0 Å². The average molecular weight is 326 g/mol. The SMILES string of the molecule is CC(C)Oc1ccc(Nc2cc(NC3CCCCC3)ncn2)cc1. The fourth-order valence-corrected chi connectivity index (χ4v) is 3.00. The van der Waals surface area contributed by atoms with Crippen molar-refractivity contribution in [2.75, 3.05) is 10.6 Å². The molecule has 0 amide bonds. The number of ether oxygens (including phenoxy) is 1. The maximum Gasteiger partial charge on any atom is 0.135 e. The third-order valence-electron chi connectivity index (χ3n) is 4.12. The van der Waals surface area contributed by atoms with Gasteiger partial charge in [-0.05, 0) is 51.0 Å². The summed E-state index contributed by atoms with van der Waals surface area (Å²) in [6.45, 7) is 4.04. The van der Waals surface area contributed by atoms with Crippen LogP contribution in [0.15, 0.2) is 36.7 Å². The van der Waals surface area contributed by atoms with Crippen molar-refractivity contribution in [2.45, 2.75) is 58.1 Å². The second-order valence-corrected chi connectivity index (χ2v) is 6.58. The summed E-state index contributed by atoms with van der Waals surface area (Å²) in [6, 6.07) is 10.4. The van der Waals surface area contributed by atoms with Gasteiger partial charge in [0.15, 0.2) is 0 Å². The zero-order valence-corrected chi connectivity index (χ0v) is 14.5. The summed E-state index contributed by atoms with van der Waals surface area (Å²) in [4.78, 5) is 8.64. The van der Waals surface area contributed by atoms with Crippen molar-refractivity contribution in [2.24, 2.45) is 0 Å². The van der Waals surface area contributed by atoms with Crippen LogP contribution in [-0.4, -0.2) is 22.1 Å². The summed E-state index contributed by atoms with van der Waals surface area (Å²) >= 11 is 0. The highest BCUT2D eigenvalue weighted by Crippen LogP contribution is 2.23. The molecule has 3 rings (SSSR count). The van der Waals surface area contributed by atoms with Crippen LogP contribution in [0.25, 0.3) is 0 Å². The number of nitrogens with zero attached hydrogens (tertiary/aromatic N) is 2. The Kier molecular flexibility index (Phi) is 5.51. The lowest BCUT2D eigenvalue weighted by molar-refractivity contribution is 0.242. The molecule has 0 atom stereocenters. The molecule has 1 saturated carbocycles. The predicted molar refractivity (Wildman–Crippen MR) is 98.0 cm³/mol. The first kappa shape index (κ1) is 16.6. The van der Waals surface area contributed by atoms with Crippen molar-refractivity contribution < 1.29 is 4.74 Å². The average Bonchev–Trinajstić information content (AvgIpc) is 2.57. The number of aromatic nitrogens is 2. The van der Waals surface area contributed by atoms with Gasteiger partial charge in [0.05, 0.1) is 6.10 Å². The topological polar surface area (TPSA) is 59.1 Å². The number of nitrogens with one attached hydrogen (secondary N) is 2. The van der Waals surface area contributed by atoms with E-state index in [-0.39, 0.29) is 6.10 Å². The molecular weight excluding hydrogens is 300 g/mol. The minimum Gasteiger partial charge on any atom is -0.491 e. The van der Waals surface area contributed by atoms with Crippen LogP contribution in [0.5, 0.6) is 5.75 Å². The van der Waals surface area contributed by atoms with Gasteiger partial charge in [-0.1, -0.05) is 19.3 Å². The molecule has 128 valence electrons. The van der Waals surface area contributed by atoms with E-state index in [2.05, 4.69) is 20.6 Å². The van der Waals surface area contributed by atoms with Crippen LogP contribution >= 0.6 is 0 Å². The van der Waals surface area contributed by atoms with Crippen LogP contribution < -0.4 is 15.4 Å². The third-order valence-corrected chi connectivity index (χ3v) is 4.12. The summed E-state index contributed by atoms with van der Waals surface area (Å²) in [6.07, 6.45) is 8.19. The summed E-state index contributed by atoms with van der Waals surface area (Å²) in [5.41, 5.74) is 0.980. The van der Waals surface area contributed by atoms with Crippen LogP contribution in [0.3, 0.4) is 0 Å². The highest BCUT2D eigenvalue weighted by molar-refractivity contribution is 5.59. The van der Waals surface area contributed by atoms with Crippen LogP contribution in [-0.2, 0) is 0 Å². The van der Waals surface area contributed by atoms with Gasteiger partial charge in [-0.15, -0.1) is 0 Å². The fraction of sp³-hybridized carbons (Fsp3) is 0.474. The molecule has 0 radical (unpaired) electrons. The molecule has 0 unspecified atom stereocenters. The van der Waals surface area contributed by atoms with E-state index in [0.29, 0.717) is 6.04 Å². The Morgan fingerprint density at radius 2 is 1.71 bits per heavy atom. The molecule has 1 heterocycles. The van der Waals surface area contributed by atoms with Crippen molar-refractivity contribution in [3.05, 3.63) is 36.7 Å². The number of hydrogen-bond acceptors (Lipinski definition) is 5. The van der Waals surface area contributed by atoms with Gasteiger partial charge < -0.3 is 15.4 Å². The second kappa shape index (κ2) is 7.99. The largest absolute Gasteiger partial charge is 0.491 e. The molecular formula is C19H26N4O. The Hall–Kier alpha value is -2.30. The van der Waals surface area contributed by atoms with Gasteiger partial charge in [0.25, 0.3) is 0 Å². The molecule has 24 heavy (non-hydrogen) atoms. The van der Waals surface area contributed by atoms with E-state index >= 15 is 0 Å². The predicted octanol–water partition coefficient (Wildman–Crippen LogP) is 4.75. The zero-order chi connectivity index (χ0) is 16.8. The molecule has 1 aliphatic carbocycles. The van der Waals surface area contributed by atoms with Crippen LogP contribution in [0, 0.1) is 0 Å². The first-order chi connectivity index (χ1) is 11.7. The van der Waals surface area contributed by atoms with Gasteiger partial charge in [-0.25, -0.2) is 9.97 Å². The monoisotopic (exact) mass is 326 g/mol. The molecule has 1 aromatic heterocycles. The smallest absolute Gasteiger partial charge is 0.135 e. The van der Waals surface area contributed by atoms with Crippen molar-refractivity contribution in [1.82, 2.24) is 9.97 Å². The lowest BCUT2D eigenvalue weighted by atomic mass is 9.95. The lowest BCUT2D eigenvalue weighted by Crippen LogP contribution is -2.22. The van der Waals surface area contributed by atoms with Crippen LogP contribution in [0.4, 0.5) is 17.3 Å². The Labute approximate surface area is 143 Å². The van der Waals surface area contributed by atoms with Crippen LogP contribution in [0.2, 0.25) is 0 Å². The van der Waals surface area contributed by atoms with E-state index in [4.69, 9.17) is 4.74 Å². The van der Waals surface area contributed by atoms with Crippen molar-refractivity contribution in [3.8, 4) is 5.75 Å². The molecule has 1 aromatic carbocycles. The minimum absolute atomic E-state index is 0.180. The van der Waals surface area contributed by atoms with Gasteiger partial charge in [0, 0.05) is 17.8 Å².